The molecule has 2 unspecified atom stereocenters. The third-order valence-electron chi connectivity index (χ3n) is 2.41. The van der Waals surface area contributed by atoms with E-state index >= 15 is 0 Å². The van der Waals surface area contributed by atoms with Crippen LogP contribution in [0.4, 0.5) is 0 Å². The van der Waals surface area contributed by atoms with Gasteiger partial charge in [0.1, 0.15) is 11.7 Å². The standard InChI is InChI=1S/C12H11ClO5/c1-6(15)10(13)9-4-7(5-14)2-3-8(9)11(16)12(17)18/h2-5,10-11,16H,1H3,(H,17,18). The second-order valence-electron chi connectivity index (χ2n) is 3.72. The van der Waals surface area contributed by atoms with Crippen LogP contribution in [0.1, 0.15) is 39.9 Å². The van der Waals surface area contributed by atoms with E-state index in [4.69, 9.17) is 16.7 Å². The Bertz CT molecular complexity index is 497. The smallest absolute Gasteiger partial charge is 0.337 e. The molecule has 6 heteroatoms. The number of carboxylic acid groups (broad SMARTS) is 1. The van der Waals surface area contributed by atoms with E-state index in [1.807, 2.05) is 0 Å². The summed E-state index contributed by atoms with van der Waals surface area (Å²) < 4.78 is 0. The molecule has 0 aliphatic heterocycles. The number of aliphatic hydroxyl groups excluding tert-OH is 1. The van der Waals surface area contributed by atoms with Crippen molar-refractivity contribution in [1.29, 1.82) is 0 Å². The molecule has 5 nitrogen and oxygen atoms in total. The third kappa shape index (κ3) is 2.94. The minimum atomic E-state index is -1.79. The van der Waals surface area contributed by atoms with Crippen molar-refractivity contribution in [3.05, 3.63) is 34.9 Å². The fourth-order valence-electron chi connectivity index (χ4n) is 1.49. The van der Waals surface area contributed by atoms with Crippen molar-refractivity contribution in [3.63, 3.8) is 0 Å². The van der Waals surface area contributed by atoms with Crippen molar-refractivity contribution < 1.29 is 24.6 Å². The summed E-state index contributed by atoms with van der Waals surface area (Å²) in [4.78, 5) is 32.6. The lowest BCUT2D eigenvalue weighted by Gasteiger charge is -2.15. The Morgan fingerprint density at radius 3 is 2.39 bits per heavy atom. The van der Waals surface area contributed by atoms with Gasteiger partial charge in [0.2, 0.25) is 0 Å². The average molecular weight is 271 g/mol. The van der Waals surface area contributed by atoms with Crippen LogP contribution in [0.25, 0.3) is 0 Å². The number of alkyl halides is 1. The van der Waals surface area contributed by atoms with Crippen molar-refractivity contribution in [3.8, 4) is 0 Å². The Hall–Kier alpha value is -1.72. The number of carbonyl (C=O) groups is 3. The van der Waals surface area contributed by atoms with Gasteiger partial charge in [-0.15, -0.1) is 11.6 Å². The molecule has 2 atom stereocenters. The molecular weight excluding hydrogens is 260 g/mol. The summed E-state index contributed by atoms with van der Waals surface area (Å²) in [5.41, 5.74) is 0.380. The first-order valence-corrected chi connectivity index (χ1v) is 5.46. The maximum Gasteiger partial charge on any atom is 0.337 e. The molecule has 1 rings (SSSR count). The summed E-state index contributed by atoms with van der Waals surface area (Å²) in [6.07, 6.45) is -1.24. The molecule has 18 heavy (non-hydrogen) atoms. The number of aldehydes is 1. The Kier molecular flexibility index (Phi) is 4.58. The Morgan fingerprint density at radius 2 is 1.94 bits per heavy atom. The summed E-state index contributed by atoms with van der Waals surface area (Å²) in [5.74, 6) is -1.86. The van der Waals surface area contributed by atoms with Crippen LogP contribution < -0.4 is 0 Å². The topological polar surface area (TPSA) is 91.7 Å². The van der Waals surface area contributed by atoms with Crippen molar-refractivity contribution >= 4 is 29.6 Å². The van der Waals surface area contributed by atoms with Crippen LogP contribution in [0.2, 0.25) is 0 Å². The fraction of sp³-hybridized carbons (Fsp3) is 0.250. The number of rotatable bonds is 5. The van der Waals surface area contributed by atoms with Gasteiger partial charge in [0, 0.05) is 5.56 Å². The van der Waals surface area contributed by atoms with E-state index in [-0.39, 0.29) is 16.7 Å². The molecule has 0 aliphatic rings. The molecule has 0 saturated heterocycles. The molecule has 0 spiro atoms. The van der Waals surface area contributed by atoms with Crippen molar-refractivity contribution in [2.45, 2.75) is 18.4 Å². The lowest BCUT2D eigenvalue weighted by Crippen LogP contribution is -2.15. The maximum atomic E-state index is 11.2. The van der Waals surface area contributed by atoms with Gasteiger partial charge in [-0.1, -0.05) is 12.1 Å². The number of ketones is 1. The number of carboxylic acids is 1. The van der Waals surface area contributed by atoms with Crippen molar-refractivity contribution in [2.24, 2.45) is 0 Å². The van der Waals surface area contributed by atoms with Crippen molar-refractivity contribution in [1.82, 2.24) is 0 Å². The van der Waals surface area contributed by atoms with Crippen LogP contribution in [-0.4, -0.2) is 28.3 Å². The Labute approximate surface area is 108 Å². The van der Waals surface area contributed by atoms with Crippen molar-refractivity contribution in [2.75, 3.05) is 0 Å². The molecule has 0 saturated carbocycles. The van der Waals surface area contributed by atoms with Crippen LogP contribution in [0.3, 0.4) is 0 Å². The number of aliphatic hydroxyl groups is 1. The van der Waals surface area contributed by atoms with Crippen LogP contribution >= 0.6 is 11.6 Å². The minimum absolute atomic E-state index is 0.00306. The van der Waals surface area contributed by atoms with E-state index in [1.165, 1.54) is 25.1 Å². The van der Waals surface area contributed by atoms with Gasteiger partial charge in [0.15, 0.2) is 11.9 Å². The van der Waals surface area contributed by atoms with Gasteiger partial charge in [-0.05, 0) is 24.1 Å². The normalized spacial score (nSPS) is 13.7. The highest BCUT2D eigenvalue weighted by Crippen LogP contribution is 2.30. The third-order valence-corrected chi connectivity index (χ3v) is 2.95. The number of benzene rings is 1. The molecule has 2 N–H and O–H groups in total. The molecule has 1 aromatic rings. The summed E-state index contributed by atoms with van der Waals surface area (Å²) in [6, 6.07) is 3.92. The predicted octanol–water partition coefficient (Wildman–Crippen LogP) is 1.49. The summed E-state index contributed by atoms with van der Waals surface area (Å²) >= 11 is 5.85. The number of aliphatic carboxylic acids is 1. The molecule has 0 bridgehead atoms. The number of Topliss-reactive ketones (excluding diaryl/α,β-unsaturated/α-hetero) is 1. The molecule has 0 amide bonds. The molecule has 0 aromatic heterocycles. The first-order chi connectivity index (χ1) is 8.38. The van der Waals surface area contributed by atoms with Gasteiger partial charge in [-0.3, -0.25) is 9.59 Å². The molecule has 1 aromatic carbocycles. The highest BCUT2D eigenvalue weighted by atomic mass is 35.5. The predicted molar refractivity (Wildman–Crippen MR) is 63.7 cm³/mol. The van der Waals surface area contributed by atoms with Crippen LogP contribution in [0.15, 0.2) is 18.2 Å². The molecular formula is C12H11ClO5. The fourth-order valence-corrected chi connectivity index (χ4v) is 1.68. The van der Waals surface area contributed by atoms with Crippen LogP contribution in [0, 0.1) is 0 Å². The van der Waals surface area contributed by atoms with Gasteiger partial charge in [-0.2, -0.15) is 0 Å². The Morgan fingerprint density at radius 1 is 1.33 bits per heavy atom. The van der Waals surface area contributed by atoms with Crippen LogP contribution in [0.5, 0.6) is 0 Å². The van der Waals surface area contributed by atoms with E-state index in [2.05, 4.69) is 0 Å². The number of hydrogen-bond acceptors (Lipinski definition) is 4. The zero-order valence-corrected chi connectivity index (χ0v) is 10.2. The van der Waals surface area contributed by atoms with Crippen LogP contribution in [-0.2, 0) is 9.59 Å². The quantitative estimate of drug-likeness (QED) is 0.625. The van der Waals surface area contributed by atoms with E-state index in [1.54, 1.807) is 0 Å². The summed E-state index contributed by atoms with van der Waals surface area (Å²) in [7, 11) is 0. The summed E-state index contributed by atoms with van der Waals surface area (Å²) in [5, 5.41) is 17.2. The highest BCUT2D eigenvalue weighted by molar-refractivity contribution is 6.31. The lowest BCUT2D eigenvalue weighted by molar-refractivity contribution is -0.147. The highest BCUT2D eigenvalue weighted by Gasteiger charge is 2.25. The van der Waals surface area contributed by atoms with E-state index < -0.39 is 23.2 Å². The SMILES string of the molecule is CC(=O)C(Cl)c1cc(C=O)ccc1C(O)C(=O)O. The lowest BCUT2D eigenvalue weighted by atomic mass is 9.96. The second kappa shape index (κ2) is 5.75. The first-order valence-electron chi connectivity index (χ1n) is 5.03. The number of halogens is 1. The van der Waals surface area contributed by atoms with Gasteiger partial charge in [-0.25, -0.2) is 4.79 Å². The Balaban J connectivity index is 3.37. The second-order valence-corrected chi connectivity index (χ2v) is 4.16. The zero-order valence-electron chi connectivity index (χ0n) is 9.46. The number of carbonyl (C=O) groups excluding carboxylic acids is 2. The molecule has 0 radical (unpaired) electrons. The molecule has 0 heterocycles. The van der Waals surface area contributed by atoms with Gasteiger partial charge >= 0.3 is 5.97 Å². The van der Waals surface area contributed by atoms with E-state index in [0.717, 1.165) is 0 Å². The average Bonchev–Trinajstić information content (AvgIpc) is 2.35. The molecule has 0 fully saturated rings. The number of hydrogen-bond donors (Lipinski definition) is 2. The zero-order chi connectivity index (χ0) is 13.9. The maximum absolute atomic E-state index is 11.2. The molecule has 0 aliphatic carbocycles. The van der Waals surface area contributed by atoms with Gasteiger partial charge in [0.05, 0.1) is 0 Å². The van der Waals surface area contributed by atoms with E-state index in [0.29, 0.717) is 6.29 Å². The van der Waals surface area contributed by atoms with E-state index in [9.17, 15) is 19.5 Å². The van der Waals surface area contributed by atoms with Gasteiger partial charge < -0.3 is 10.2 Å². The minimum Gasteiger partial charge on any atom is -0.479 e. The first kappa shape index (κ1) is 14.3. The largest absolute Gasteiger partial charge is 0.479 e. The molecule has 96 valence electrons. The van der Waals surface area contributed by atoms with Gasteiger partial charge in [0.25, 0.3) is 0 Å². The monoisotopic (exact) mass is 270 g/mol. The summed E-state index contributed by atoms with van der Waals surface area (Å²) in [6.45, 7) is 1.24.